The lowest BCUT2D eigenvalue weighted by Gasteiger charge is -2.37. The van der Waals surface area contributed by atoms with Crippen LogP contribution in [0.4, 0.5) is 0 Å². The predicted molar refractivity (Wildman–Crippen MR) is 72.6 cm³/mol. The van der Waals surface area contributed by atoms with Crippen LogP contribution in [0.1, 0.15) is 31.7 Å². The van der Waals surface area contributed by atoms with E-state index in [1.165, 1.54) is 5.56 Å². The quantitative estimate of drug-likeness (QED) is 0.822. The molecule has 3 unspecified atom stereocenters. The molecule has 1 fully saturated rings. The van der Waals surface area contributed by atoms with Gasteiger partial charge in [-0.2, -0.15) is 0 Å². The average Bonchev–Trinajstić information content (AvgIpc) is 2.73. The highest BCUT2D eigenvalue weighted by Crippen LogP contribution is 2.35. The van der Waals surface area contributed by atoms with E-state index < -0.39 is 5.72 Å². The SMILES string of the molecule is CC1CN2CC(c3ccccc3)CC2=NC1(C)O. The van der Waals surface area contributed by atoms with Gasteiger partial charge in [-0.25, -0.2) is 4.99 Å². The molecule has 2 aliphatic rings. The van der Waals surface area contributed by atoms with Gasteiger partial charge in [-0.05, 0) is 12.5 Å². The highest BCUT2D eigenvalue weighted by Gasteiger charge is 2.40. The van der Waals surface area contributed by atoms with Gasteiger partial charge < -0.3 is 10.0 Å². The topological polar surface area (TPSA) is 35.8 Å². The number of aliphatic imine (C=N–C) groups is 1. The zero-order chi connectivity index (χ0) is 12.8. The molecule has 2 heterocycles. The standard InChI is InChI=1S/C15H20N2O/c1-11-9-17-10-13(12-6-4-3-5-7-12)8-14(17)16-15(11,2)18/h3-7,11,13,18H,8-10H2,1-2H3. The van der Waals surface area contributed by atoms with Crippen molar-refractivity contribution in [1.29, 1.82) is 0 Å². The molecule has 1 saturated heterocycles. The summed E-state index contributed by atoms with van der Waals surface area (Å²) in [5.74, 6) is 1.79. The van der Waals surface area contributed by atoms with Gasteiger partial charge in [0, 0.05) is 31.3 Å². The zero-order valence-electron chi connectivity index (χ0n) is 11.0. The molecule has 1 aromatic carbocycles. The first kappa shape index (κ1) is 11.7. The van der Waals surface area contributed by atoms with Gasteiger partial charge in [0.15, 0.2) is 5.72 Å². The van der Waals surface area contributed by atoms with E-state index in [1.807, 2.05) is 6.92 Å². The molecule has 3 heteroatoms. The van der Waals surface area contributed by atoms with E-state index in [0.29, 0.717) is 5.92 Å². The van der Waals surface area contributed by atoms with Crippen molar-refractivity contribution in [2.24, 2.45) is 10.9 Å². The van der Waals surface area contributed by atoms with E-state index in [9.17, 15) is 5.11 Å². The molecule has 1 N–H and O–H groups in total. The van der Waals surface area contributed by atoms with Gasteiger partial charge >= 0.3 is 0 Å². The summed E-state index contributed by atoms with van der Waals surface area (Å²) < 4.78 is 0. The minimum atomic E-state index is -0.891. The van der Waals surface area contributed by atoms with Gasteiger partial charge in [0.25, 0.3) is 0 Å². The summed E-state index contributed by atoms with van der Waals surface area (Å²) in [7, 11) is 0. The Bertz CT molecular complexity index is 467. The summed E-state index contributed by atoms with van der Waals surface area (Å²) in [6.07, 6.45) is 0.951. The zero-order valence-corrected chi connectivity index (χ0v) is 11.0. The number of rotatable bonds is 1. The summed E-state index contributed by atoms with van der Waals surface area (Å²) >= 11 is 0. The fourth-order valence-corrected chi connectivity index (χ4v) is 2.91. The van der Waals surface area contributed by atoms with Gasteiger partial charge in [0.2, 0.25) is 0 Å². The molecule has 1 aromatic rings. The van der Waals surface area contributed by atoms with Crippen LogP contribution in [0.5, 0.6) is 0 Å². The van der Waals surface area contributed by atoms with Crippen molar-refractivity contribution >= 4 is 5.84 Å². The van der Waals surface area contributed by atoms with Crippen molar-refractivity contribution in [1.82, 2.24) is 4.90 Å². The maximum absolute atomic E-state index is 10.2. The Labute approximate surface area is 108 Å². The Balaban J connectivity index is 1.84. The molecule has 18 heavy (non-hydrogen) atoms. The molecule has 3 rings (SSSR count). The predicted octanol–water partition coefficient (Wildman–Crippen LogP) is 2.23. The Morgan fingerprint density at radius 2 is 2.00 bits per heavy atom. The van der Waals surface area contributed by atoms with Crippen LogP contribution in [0, 0.1) is 5.92 Å². The Hall–Kier alpha value is -1.35. The normalized spacial score (nSPS) is 35.3. The molecule has 0 aliphatic carbocycles. The second kappa shape index (κ2) is 4.09. The monoisotopic (exact) mass is 244 g/mol. The number of aliphatic hydroxyl groups is 1. The number of fused-ring (bicyclic) bond motifs is 1. The van der Waals surface area contributed by atoms with Gasteiger partial charge in [-0.3, -0.25) is 0 Å². The Morgan fingerprint density at radius 3 is 2.72 bits per heavy atom. The summed E-state index contributed by atoms with van der Waals surface area (Å²) in [6, 6.07) is 10.6. The minimum absolute atomic E-state index is 0.191. The number of nitrogens with zero attached hydrogens (tertiary/aromatic N) is 2. The summed E-state index contributed by atoms with van der Waals surface area (Å²) in [4.78, 5) is 6.86. The van der Waals surface area contributed by atoms with E-state index >= 15 is 0 Å². The second-order valence-electron chi connectivity index (χ2n) is 5.74. The third-order valence-corrected chi connectivity index (χ3v) is 4.29. The van der Waals surface area contributed by atoms with E-state index in [4.69, 9.17) is 0 Å². The van der Waals surface area contributed by atoms with E-state index in [1.54, 1.807) is 0 Å². The lowest BCUT2D eigenvalue weighted by atomic mass is 9.97. The molecular formula is C15H20N2O. The van der Waals surface area contributed by atoms with Crippen LogP contribution >= 0.6 is 0 Å². The van der Waals surface area contributed by atoms with Crippen LogP contribution < -0.4 is 0 Å². The smallest absolute Gasteiger partial charge is 0.159 e. The van der Waals surface area contributed by atoms with Crippen molar-refractivity contribution < 1.29 is 5.11 Å². The number of hydrogen-bond acceptors (Lipinski definition) is 3. The number of amidine groups is 1. The van der Waals surface area contributed by atoms with Gasteiger partial charge in [-0.1, -0.05) is 37.3 Å². The fraction of sp³-hybridized carbons (Fsp3) is 0.533. The largest absolute Gasteiger partial charge is 0.369 e. The van der Waals surface area contributed by atoms with Crippen LogP contribution in [0.25, 0.3) is 0 Å². The molecule has 0 saturated carbocycles. The molecule has 0 amide bonds. The maximum Gasteiger partial charge on any atom is 0.159 e. The third-order valence-electron chi connectivity index (χ3n) is 4.29. The van der Waals surface area contributed by atoms with Crippen LogP contribution in [-0.4, -0.2) is 34.7 Å². The average molecular weight is 244 g/mol. The van der Waals surface area contributed by atoms with Crippen LogP contribution in [0.3, 0.4) is 0 Å². The van der Waals surface area contributed by atoms with Crippen molar-refractivity contribution in [2.75, 3.05) is 13.1 Å². The van der Waals surface area contributed by atoms with Crippen molar-refractivity contribution in [3.8, 4) is 0 Å². The lowest BCUT2D eigenvalue weighted by molar-refractivity contribution is -0.00290. The van der Waals surface area contributed by atoms with E-state index in [-0.39, 0.29) is 5.92 Å². The summed E-state index contributed by atoms with van der Waals surface area (Å²) in [5.41, 5.74) is 0.485. The number of benzene rings is 1. The van der Waals surface area contributed by atoms with E-state index in [0.717, 1.165) is 25.3 Å². The van der Waals surface area contributed by atoms with Crippen molar-refractivity contribution in [2.45, 2.75) is 31.9 Å². The summed E-state index contributed by atoms with van der Waals surface area (Å²) in [6.45, 7) is 5.83. The number of hydrogen-bond donors (Lipinski definition) is 1. The maximum atomic E-state index is 10.2. The highest BCUT2D eigenvalue weighted by molar-refractivity contribution is 5.86. The molecule has 3 atom stereocenters. The van der Waals surface area contributed by atoms with Gasteiger partial charge in [0.05, 0.1) is 0 Å². The lowest BCUT2D eigenvalue weighted by Crippen LogP contribution is -2.46. The second-order valence-corrected chi connectivity index (χ2v) is 5.74. The molecule has 0 aromatic heterocycles. The van der Waals surface area contributed by atoms with Crippen molar-refractivity contribution in [3.05, 3.63) is 35.9 Å². The molecule has 0 spiro atoms. The molecule has 0 radical (unpaired) electrons. The minimum Gasteiger partial charge on any atom is -0.369 e. The van der Waals surface area contributed by atoms with Crippen LogP contribution in [0.2, 0.25) is 0 Å². The molecule has 0 bridgehead atoms. The molecular weight excluding hydrogens is 224 g/mol. The van der Waals surface area contributed by atoms with Gasteiger partial charge in [-0.15, -0.1) is 0 Å². The van der Waals surface area contributed by atoms with Crippen LogP contribution in [0.15, 0.2) is 35.3 Å². The Morgan fingerprint density at radius 1 is 1.28 bits per heavy atom. The van der Waals surface area contributed by atoms with Gasteiger partial charge in [0.1, 0.15) is 5.84 Å². The fourth-order valence-electron chi connectivity index (χ4n) is 2.91. The first-order valence-electron chi connectivity index (χ1n) is 6.67. The first-order valence-corrected chi connectivity index (χ1v) is 6.67. The van der Waals surface area contributed by atoms with E-state index in [2.05, 4.69) is 47.1 Å². The highest BCUT2D eigenvalue weighted by atomic mass is 16.3. The van der Waals surface area contributed by atoms with Crippen molar-refractivity contribution in [3.63, 3.8) is 0 Å². The van der Waals surface area contributed by atoms with Crippen LogP contribution in [-0.2, 0) is 0 Å². The third kappa shape index (κ3) is 1.93. The molecule has 96 valence electrons. The molecule has 3 nitrogen and oxygen atoms in total. The first-order chi connectivity index (χ1) is 8.56. The molecule has 2 aliphatic heterocycles. The summed E-state index contributed by atoms with van der Waals surface area (Å²) in [5, 5.41) is 10.2. The Kier molecular flexibility index (Phi) is 2.67.